The molecular formula is C12H23N3OS. The molecule has 1 rings (SSSR count). The molecule has 5 heteroatoms. The van der Waals surface area contributed by atoms with Gasteiger partial charge in [0.05, 0.1) is 16.8 Å². The van der Waals surface area contributed by atoms with E-state index in [9.17, 15) is 5.11 Å². The summed E-state index contributed by atoms with van der Waals surface area (Å²) >= 11 is 1.64. The summed E-state index contributed by atoms with van der Waals surface area (Å²) in [4.78, 5) is 0. The van der Waals surface area contributed by atoms with E-state index < -0.39 is 0 Å². The molecule has 0 radical (unpaired) electrons. The average Bonchev–Trinajstić information content (AvgIpc) is 2.50. The quantitative estimate of drug-likeness (QED) is 0.786. The van der Waals surface area contributed by atoms with Crippen molar-refractivity contribution >= 4 is 11.8 Å². The molecule has 1 aromatic heterocycles. The second-order valence-electron chi connectivity index (χ2n) is 5.34. The number of thioether (sulfide) groups is 1. The first-order chi connectivity index (χ1) is 7.78. The number of aryl methyl sites for hydroxylation is 2. The Morgan fingerprint density at radius 1 is 1.53 bits per heavy atom. The lowest BCUT2D eigenvalue weighted by Gasteiger charge is -2.22. The number of aliphatic hydroxyl groups excluding tert-OH is 1. The third-order valence-electron chi connectivity index (χ3n) is 2.25. The van der Waals surface area contributed by atoms with Gasteiger partial charge in [0.2, 0.25) is 0 Å². The number of aromatic nitrogens is 2. The van der Waals surface area contributed by atoms with Gasteiger partial charge < -0.3 is 10.4 Å². The van der Waals surface area contributed by atoms with Crippen LogP contribution in [0.1, 0.15) is 26.5 Å². The molecular weight excluding hydrogens is 234 g/mol. The molecule has 1 heterocycles. The van der Waals surface area contributed by atoms with Crippen molar-refractivity contribution in [3.05, 3.63) is 11.8 Å². The van der Waals surface area contributed by atoms with Crippen molar-refractivity contribution in [3.8, 4) is 0 Å². The fourth-order valence-corrected chi connectivity index (χ4v) is 2.35. The lowest BCUT2D eigenvalue weighted by molar-refractivity contribution is 0.183. The number of β-amino-alcohol motifs (C(OH)–C–C–N with tert-alkyl or cyclic N) is 1. The van der Waals surface area contributed by atoms with Crippen molar-refractivity contribution in [2.75, 3.05) is 12.3 Å². The van der Waals surface area contributed by atoms with Crippen LogP contribution >= 0.6 is 11.8 Å². The molecule has 0 saturated heterocycles. The highest BCUT2D eigenvalue weighted by Crippen LogP contribution is 2.19. The predicted molar refractivity (Wildman–Crippen MR) is 72.4 cm³/mol. The van der Waals surface area contributed by atoms with E-state index in [1.54, 1.807) is 11.8 Å². The Bertz CT molecular complexity index is 357. The van der Waals surface area contributed by atoms with Gasteiger partial charge in [-0.3, -0.25) is 4.68 Å². The van der Waals surface area contributed by atoms with Crippen LogP contribution in [-0.4, -0.2) is 38.8 Å². The summed E-state index contributed by atoms with van der Waals surface area (Å²) in [5.41, 5.74) is 1.06. The van der Waals surface area contributed by atoms with Gasteiger partial charge in [-0.15, -0.1) is 11.8 Å². The Labute approximate surface area is 108 Å². The molecule has 0 bridgehead atoms. The minimum atomic E-state index is -0.338. The second kappa shape index (κ2) is 5.89. The predicted octanol–water partition coefficient (Wildman–Crippen LogP) is 1.57. The van der Waals surface area contributed by atoms with Crippen molar-refractivity contribution in [3.63, 3.8) is 0 Å². The molecule has 0 aliphatic rings. The minimum Gasteiger partial charge on any atom is -0.391 e. The molecule has 1 atom stereocenters. The van der Waals surface area contributed by atoms with Gasteiger partial charge in [-0.05, 0) is 33.8 Å². The van der Waals surface area contributed by atoms with Crippen molar-refractivity contribution in [2.45, 2.75) is 44.4 Å². The Morgan fingerprint density at radius 2 is 2.18 bits per heavy atom. The van der Waals surface area contributed by atoms with Crippen LogP contribution in [0.2, 0.25) is 0 Å². The SMILES string of the molecule is Cc1cc(SCC(O)CNC(C)(C)C)n(C)n1. The standard InChI is InChI=1S/C12H23N3OS/c1-9-6-11(15(5)14-9)17-8-10(16)7-13-12(2,3)4/h6,10,13,16H,7-8H2,1-5H3. The van der Waals surface area contributed by atoms with Gasteiger partial charge >= 0.3 is 0 Å². The molecule has 0 aliphatic heterocycles. The summed E-state index contributed by atoms with van der Waals surface area (Å²) < 4.78 is 1.85. The number of aliphatic hydroxyl groups is 1. The van der Waals surface area contributed by atoms with Crippen LogP contribution in [0.4, 0.5) is 0 Å². The average molecular weight is 257 g/mol. The van der Waals surface area contributed by atoms with E-state index in [2.05, 4.69) is 31.2 Å². The van der Waals surface area contributed by atoms with Gasteiger partial charge in [0.25, 0.3) is 0 Å². The summed E-state index contributed by atoms with van der Waals surface area (Å²) in [5.74, 6) is 0.683. The summed E-state index contributed by atoms with van der Waals surface area (Å²) in [6.45, 7) is 8.88. The fraction of sp³-hybridized carbons (Fsp3) is 0.750. The molecule has 0 fully saturated rings. The number of hydrogen-bond acceptors (Lipinski definition) is 4. The van der Waals surface area contributed by atoms with Crippen molar-refractivity contribution < 1.29 is 5.11 Å². The monoisotopic (exact) mass is 257 g/mol. The van der Waals surface area contributed by atoms with E-state index in [1.807, 2.05) is 24.7 Å². The van der Waals surface area contributed by atoms with Crippen LogP contribution in [0.25, 0.3) is 0 Å². The van der Waals surface area contributed by atoms with Crippen LogP contribution in [0.15, 0.2) is 11.1 Å². The lowest BCUT2D eigenvalue weighted by atomic mass is 10.1. The lowest BCUT2D eigenvalue weighted by Crippen LogP contribution is -2.41. The molecule has 2 N–H and O–H groups in total. The summed E-state index contributed by atoms with van der Waals surface area (Å²) in [6.07, 6.45) is -0.338. The van der Waals surface area contributed by atoms with Crippen LogP contribution in [-0.2, 0) is 7.05 Å². The molecule has 1 unspecified atom stereocenters. The van der Waals surface area contributed by atoms with E-state index in [1.165, 1.54) is 0 Å². The number of nitrogens with zero attached hydrogens (tertiary/aromatic N) is 2. The van der Waals surface area contributed by atoms with Crippen LogP contribution < -0.4 is 5.32 Å². The molecule has 4 nitrogen and oxygen atoms in total. The highest BCUT2D eigenvalue weighted by Gasteiger charge is 2.13. The first-order valence-electron chi connectivity index (χ1n) is 5.84. The highest BCUT2D eigenvalue weighted by atomic mass is 32.2. The van der Waals surface area contributed by atoms with Crippen LogP contribution in [0.3, 0.4) is 0 Å². The van der Waals surface area contributed by atoms with Crippen molar-refractivity contribution in [1.29, 1.82) is 0 Å². The molecule has 0 saturated carbocycles. The van der Waals surface area contributed by atoms with Gasteiger partial charge in [0.1, 0.15) is 0 Å². The summed E-state index contributed by atoms with van der Waals surface area (Å²) in [7, 11) is 1.93. The fourth-order valence-electron chi connectivity index (χ4n) is 1.39. The third-order valence-corrected chi connectivity index (χ3v) is 3.48. The first-order valence-corrected chi connectivity index (χ1v) is 6.83. The zero-order chi connectivity index (χ0) is 13.1. The number of hydrogen-bond donors (Lipinski definition) is 2. The normalized spacial score (nSPS) is 14.0. The van der Waals surface area contributed by atoms with Crippen LogP contribution in [0, 0.1) is 6.92 Å². The Balaban J connectivity index is 2.33. The Kier molecular flexibility index (Phi) is 5.04. The summed E-state index contributed by atoms with van der Waals surface area (Å²) in [5, 5.41) is 18.5. The zero-order valence-corrected chi connectivity index (χ0v) is 12.1. The Hall–Kier alpha value is -0.520. The molecule has 0 spiro atoms. The first kappa shape index (κ1) is 14.5. The topological polar surface area (TPSA) is 50.1 Å². The van der Waals surface area contributed by atoms with Crippen molar-refractivity contribution in [2.24, 2.45) is 7.05 Å². The molecule has 17 heavy (non-hydrogen) atoms. The van der Waals surface area contributed by atoms with Gasteiger partial charge in [0, 0.05) is 24.9 Å². The van der Waals surface area contributed by atoms with Gasteiger partial charge in [0.15, 0.2) is 0 Å². The highest BCUT2D eigenvalue weighted by molar-refractivity contribution is 7.99. The molecule has 0 aromatic carbocycles. The van der Waals surface area contributed by atoms with E-state index in [4.69, 9.17) is 0 Å². The van der Waals surface area contributed by atoms with Gasteiger partial charge in [-0.1, -0.05) is 0 Å². The van der Waals surface area contributed by atoms with Crippen molar-refractivity contribution in [1.82, 2.24) is 15.1 Å². The third kappa shape index (κ3) is 5.57. The van der Waals surface area contributed by atoms with Gasteiger partial charge in [-0.2, -0.15) is 5.10 Å². The second-order valence-corrected chi connectivity index (χ2v) is 6.38. The maximum absolute atomic E-state index is 9.86. The van der Waals surface area contributed by atoms with Gasteiger partial charge in [-0.25, -0.2) is 0 Å². The van der Waals surface area contributed by atoms with E-state index in [0.29, 0.717) is 12.3 Å². The minimum absolute atomic E-state index is 0.0504. The maximum Gasteiger partial charge on any atom is 0.0940 e. The molecule has 1 aromatic rings. The molecule has 98 valence electrons. The smallest absolute Gasteiger partial charge is 0.0940 e. The van der Waals surface area contributed by atoms with E-state index in [-0.39, 0.29) is 11.6 Å². The molecule has 0 amide bonds. The maximum atomic E-state index is 9.86. The number of rotatable bonds is 5. The molecule has 0 aliphatic carbocycles. The number of nitrogens with one attached hydrogen (secondary N) is 1. The zero-order valence-electron chi connectivity index (χ0n) is 11.3. The van der Waals surface area contributed by atoms with E-state index >= 15 is 0 Å². The van der Waals surface area contributed by atoms with E-state index in [0.717, 1.165) is 10.7 Å². The van der Waals surface area contributed by atoms with Crippen LogP contribution in [0.5, 0.6) is 0 Å². The largest absolute Gasteiger partial charge is 0.391 e. The summed E-state index contributed by atoms with van der Waals surface area (Å²) in [6, 6.07) is 2.04. The Morgan fingerprint density at radius 3 is 2.65 bits per heavy atom.